The molecule has 0 aliphatic heterocycles. The molecule has 19 heavy (non-hydrogen) atoms. The molecule has 1 nitrogen and oxygen atoms in total. The Hall–Kier alpha value is -0.460. The first-order chi connectivity index (χ1) is 9.35. The van der Waals surface area contributed by atoms with E-state index in [0.29, 0.717) is 0 Å². The highest BCUT2D eigenvalue weighted by atomic mass is 16.5. The fourth-order valence-corrected chi connectivity index (χ4v) is 2.27. The number of allylic oxidation sites excluding steroid dienone is 1. The summed E-state index contributed by atoms with van der Waals surface area (Å²) in [7, 11) is 0. The van der Waals surface area contributed by atoms with Gasteiger partial charge in [0.25, 0.3) is 0 Å². The van der Waals surface area contributed by atoms with Crippen molar-refractivity contribution in [2.75, 3.05) is 6.61 Å². The Bertz CT molecular complexity index is 196. The lowest BCUT2D eigenvalue weighted by Crippen LogP contribution is -1.91. The number of ether oxygens (including phenoxy) is 1. The molecule has 114 valence electrons. The van der Waals surface area contributed by atoms with E-state index in [2.05, 4.69) is 27.0 Å². The van der Waals surface area contributed by atoms with Crippen LogP contribution >= 0.6 is 0 Å². The van der Waals surface area contributed by atoms with E-state index in [-0.39, 0.29) is 0 Å². The smallest absolute Gasteiger partial charge is 0.0870 e. The average Bonchev–Trinajstić information content (AvgIpc) is 2.42. The molecule has 0 spiro atoms. The standard InChI is InChI=1S/C18H36O/c1-4-7-9-10-11-13-15-18(14-12-8-5-2)17-19-16-6-3/h17H,4-16H2,1-3H3. The van der Waals surface area contributed by atoms with Gasteiger partial charge >= 0.3 is 0 Å². The minimum absolute atomic E-state index is 0.869. The summed E-state index contributed by atoms with van der Waals surface area (Å²) in [6.07, 6.45) is 17.9. The van der Waals surface area contributed by atoms with Crippen molar-refractivity contribution in [2.45, 2.75) is 97.8 Å². The molecule has 0 atom stereocenters. The third-order valence-electron chi connectivity index (χ3n) is 3.52. The van der Waals surface area contributed by atoms with Crippen LogP contribution in [0.1, 0.15) is 97.8 Å². The van der Waals surface area contributed by atoms with E-state index in [4.69, 9.17) is 4.74 Å². The Morgan fingerprint density at radius 3 is 1.84 bits per heavy atom. The summed E-state index contributed by atoms with van der Waals surface area (Å²) in [6.45, 7) is 7.58. The molecule has 0 aromatic carbocycles. The van der Waals surface area contributed by atoms with Gasteiger partial charge in [-0.05, 0) is 37.7 Å². The zero-order valence-electron chi connectivity index (χ0n) is 13.7. The van der Waals surface area contributed by atoms with Crippen LogP contribution in [0.3, 0.4) is 0 Å². The topological polar surface area (TPSA) is 9.23 Å². The van der Waals surface area contributed by atoms with Gasteiger partial charge in [-0.2, -0.15) is 0 Å². The monoisotopic (exact) mass is 268 g/mol. The van der Waals surface area contributed by atoms with Gasteiger partial charge in [0.05, 0.1) is 12.9 Å². The van der Waals surface area contributed by atoms with E-state index in [1.807, 2.05) is 0 Å². The molecular formula is C18H36O. The SMILES string of the molecule is CCCCCCCCC(=COCCC)CCCCC. The van der Waals surface area contributed by atoms with E-state index >= 15 is 0 Å². The van der Waals surface area contributed by atoms with Gasteiger partial charge in [0, 0.05) is 0 Å². The van der Waals surface area contributed by atoms with Crippen molar-refractivity contribution in [3.63, 3.8) is 0 Å². The fraction of sp³-hybridized carbons (Fsp3) is 0.889. The minimum atomic E-state index is 0.869. The van der Waals surface area contributed by atoms with Crippen LogP contribution in [-0.4, -0.2) is 6.61 Å². The normalized spacial score (nSPS) is 11.8. The van der Waals surface area contributed by atoms with Gasteiger partial charge in [-0.15, -0.1) is 0 Å². The first kappa shape index (κ1) is 18.5. The highest BCUT2D eigenvalue weighted by molar-refractivity contribution is 4.97. The average molecular weight is 268 g/mol. The zero-order chi connectivity index (χ0) is 14.2. The van der Waals surface area contributed by atoms with Gasteiger partial charge in [0.15, 0.2) is 0 Å². The summed E-state index contributed by atoms with van der Waals surface area (Å²) in [5.74, 6) is 0. The molecule has 0 saturated heterocycles. The summed E-state index contributed by atoms with van der Waals surface area (Å²) >= 11 is 0. The van der Waals surface area contributed by atoms with Gasteiger partial charge in [0.2, 0.25) is 0 Å². The molecule has 0 heterocycles. The van der Waals surface area contributed by atoms with Crippen molar-refractivity contribution in [1.82, 2.24) is 0 Å². The van der Waals surface area contributed by atoms with Crippen LogP contribution in [0.4, 0.5) is 0 Å². The van der Waals surface area contributed by atoms with Crippen molar-refractivity contribution in [3.05, 3.63) is 11.8 Å². The molecule has 0 radical (unpaired) electrons. The lowest BCUT2D eigenvalue weighted by Gasteiger charge is -2.08. The highest BCUT2D eigenvalue weighted by Gasteiger charge is 1.99. The molecule has 0 fully saturated rings. The first-order valence-corrected chi connectivity index (χ1v) is 8.64. The molecule has 0 saturated carbocycles. The molecule has 0 amide bonds. The van der Waals surface area contributed by atoms with Gasteiger partial charge in [-0.25, -0.2) is 0 Å². The Morgan fingerprint density at radius 2 is 1.21 bits per heavy atom. The van der Waals surface area contributed by atoms with Crippen LogP contribution in [0.2, 0.25) is 0 Å². The molecule has 0 bridgehead atoms. The third-order valence-corrected chi connectivity index (χ3v) is 3.52. The Labute approximate surface area is 121 Å². The number of rotatable bonds is 14. The minimum Gasteiger partial charge on any atom is -0.501 e. The van der Waals surface area contributed by atoms with E-state index < -0.39 is 0 Å². The zero-order valence-corrected chi connectivity index (χ0v) is 13.7. The maximum Gasteiger partial charge on any atom is 0.0870 e. The van der Waals surface area contributed by atoms with Crippen LogP contribution in [0.15, 0.2) is 11.8 Å². The second-order valence-electron chi connectivity index (χ2n) is 5.62. The van der Waals surface area contributed by atoms with Gasteiger partial charge in [0.1, 0.15) is 0 Å². The predicted octanol–water partition coefficient (Wildman–Crippen LogP) is 6.63. The maximum absolute atomic E-state index is 5.61. The van der Waals surface area contributed by atoms with Crippen LogP contribution in [0, 0.1) is 0 Å². The lowest BCUT2D eigenvalue weighted by atomic mass is 10.0. The summed E-state index contributed by atoms with van der Waals surface area (Å²) in [5, 5.41) is 0. The molecular weight excluding hydrogens is 232 g/mol. The van der Waals surface area contributed by atoms with E-state index in [9.17, 15) is 0 Å². The molecule has 0 rings (SSSR count). The molecule has 1 heteroatoms. The van der Waals surface area contributed by atoms with Gasteiger partial charge in [-0.1, -0.05) is 65.7 Å². The summed E-state index contributed by atoms with van der Waals surface area (Å²) < 4.78 is 5.61. The summed E-state index contributed by atoms with van der Waals surface area (Å²) in [6, 6.07) is 0. The largest absolute Gasteiger partial charge is 0.501 e. The predicted molar refractivity (Wildman–Crippen MR) is 86.5 cm³/mol. The van der Waals surface area contributed by atoms with Crippen LogP contribution in [0.25, 0.3) is 0 Å². The van der Waals surface area contributed by atoms with E-state index in [0.717, 1.165) is 13.0 Å². The Morgan fingerprint density at radius 1 is 0.684 bits per heavy atom. The molecule has 0 unspecified atom stereocenters. The lowest BCUT2D eigenvalue weighted by molar-refractivity contribution is 0.245. The van der Waals surface area contributed by atoms with Crippen molar-refractivity contribution < 1.29 is 4.74 Å². The van der Waals surface area contributed by atoms with Crippen molar-refractivity contribution in [3.8, 4) is 0 Å². The number of hydrogen-bond donors (Lipinski definition) is 0. The fourth-order valence-electron chi connectivity index (χ4n) is 2.27. The highest BCUT2D eigenvalue weighted by Crippen LogP contribution is 2.17. The van der Waals surface area contributed by atoms with Gasteiger partial charge < -0.3 is 4.74 Å². The molecule has 0 aromatic heterocycles. The van der Waals surface area contributed by atoms with Crippen LogP contribution < -0.4 is 0 Å². The van der Waals surface area contributed by atoms with E-state index in [1.54, 1.807) is 0 Å². The summed E-state index contributed by atoms with van der Waals surface area (Å²) in [4.78, 5) is 0. The molecule has 0 aromatic rings. The quantitative estimate of drug-likeness (QED) is 0.254. The van der Waals surface area contributed by atoms with Crippen molar-refractivity contribution in [1.29, 1.82) is 0 Å². The maximum atomic E-state index is 5.61. The van der Waals surface area contributed by atoms with Crippen molar-refractivity contribution in [2.24, 2.45) is 0 Å². The summed E-state index contributed by atoms with van der Waals surface area (Å²) in [5.41, 5.74) is 1.54. The molecule has 0 aliphatic rings. The van der Waals surface area contributed by atoms with Crippen LogP contribution in [0.5, 0.6) is 0 Å². The Kier molecular flexibility index (Phi) is 15.2. The second-order valence-corrected chi connectivity index (χ2v) is 5.62. The number of hydrogen-bond acceptors (Lipinski definition) is 1. The molecule has 0 aliphatic carbocycles. The third kappa shape index (κ3) is 13.8. The van der Waals surface area contributed by atoms with Gasteiger partial charge in [-0.3, -0.25) is 0 Å². The number of unbranched alkanes of at least 4 members (excludes halogenated alkanes) is 7. The van der Waals surface area contributed by atoms with Crippen molar-refractivity contribution >= 4 is 0 Å². The Balaban J connectivity index is 3.74. The first-order valence-electron chi connectivity index (χ1n) is 8.64. The van der Waals surface area contributed by atoms with E-state index in [1.165, 1.54) is 76.2 Å². The van der Waals surface area contributed by atoms with Crippen LogP contribution in [-0.2, 0) is 4.74 Å². The second kappa shape index (κ2) is 15.6. The molecule has 0 N–H and O–H groups in total.